The molecule has 0 saturated heterocycles. The highest BCUT2D eigenvalue weighted by Crippen LogP contribution is 2.54. The minimum atomic E-state index is -0.527. The summed E-state index contributed by atoms with van der Waals surface area (Å²) in [5.41, 5.74) is 6.78. The number of rotatable bonds is 16. The predicted octanol–water partition coefficient (Wildman–Crippen LogP) is 14.4. The van der Waals surface area contributed by atoms with Crippen LogP contribution in [0.15, 0.2) is 224 Å². The number of hydrogen-bond acceptors (Lipinski definition) is 8. The van der Waals surface area contributed by atoms with E-state index in [0.29, 0.717) is 22.3 Å². The molecule has 8 nitrogen and oxygen atoms in total. The van der Waals surface area contributed by atoms with Gasteiger partial charge in [0, 0.05) is 34.2 Å². The molecular weight excluding hydrogens is 797 g/mol. The lowest BCUT2D eigenvalue weighted by Gasteiger charge is -2.27. The Labute approximate surface area is 375 Å². The van der Waals surface area contributed by atoms with Gasteiger partial charge in [-0.2, -0.15) is 0 Å². The van der Waals surface area contributed by atoms with Gasteiger partial charge in [-0.1, -0.05) is 98.2 Å². The van der Waals surface area contributed by atoms with Gasteiger partial charge in [-0.15, -0.1) is 0 Å². The van der Waals surface area contributed by atoms with Crippen LogP contribution in [0.4, 0.5) is 17.1 Å². The molecule has 1 aliphatic rings. The van der Waals surface area contributed by atoms with Gasteiger partial charge in [-0.05, 0) is 147 Å². The van der Waals surface area contributed by atoms with Gasteiger partial charge >= 0.3 is 0 Å². The maximum absolute atomic E-state index is 11.3. The summed E-state index contributed by atoms with van der Waals surface area (Å²) in [5.74, 6) is -2.67. The standard InChI is InChI=1S/C56H52N2O6/c1-7-13-22-43(21-12-6)57(41(17-8-2)18-9-3)45-29-25-37(26-30-45)39-33-47(59)51(48(60)34-39)53-55(63)54(56(53)64)52-49(61)35-40(36-50(52)62)38-27-31-46(32-28-38)58(42(19-10-4)20-11-5)44-23-15-14-16-24-44/h7-36,59-64H,2,4H2,1,3,5-6H3/b13-7-,18-9-,20-11-,21-12-,41-17+,42-19+,43-22+. The Morgan fingerprint density at radius 1 is 0.438 bits per heavy atom. The molecule has 5 aromatic rings. The molecule has 6 N–H and O–H groups in total. The van der Waals surface area contributed by atoms with Gasteiger partial charge in [0.15, 0.2) is 0 Å². The van der Waals surface area contributed by atoms with E-state index in [0.717, 1.165) is 34.2 Å². The maximum Gasteiger partial charge on any atom is 0.139 e. The third-order valence-electron chi connectivity index (χ3n) is 10.4. The Hall–Kier alpha value is -8.36. The fourth-order valence-electron chi connectivity index (χ4n) is 7.59. The molecule has 0 atom stereocenters. The highest BCUT2D eigenvalue weighted by molar-refractivity contribution is 6.10. The fourth-order valence-corrected chi connectivity index (χ4v) is 7.59. The van der Waals surface area contributed by atoms with E-state index < -0.39 is 34.5 Å². The van der Waals surface area contributed by atoms with Crippen molar-refractivity contribution in [2.24, 2.45) is 0 Å². The highest BCUT2D eigenvalue weighted by atomic mass is 16.3. The molecule has 322 valence electrons. The lowest BCUT2D eigenvalue weighted by Crippen LogP contribution is -2.20. The van der Waals surface area contributed by atoms with Crippen molar-refractivity contribution in [3.63, 3.8) is 0 Å². The number of aliphatic hydroxyl groups excluding tert-OH is 2. The Morgan fingerprint density at radius 2 is 0.828 bits per heavy atom. The smallest absolute Gasteiger partial charge is 0.139 e. The van der Waals surface area contributed by atoms with Crippen LogP contribution in [0.3, 0.4) is 0 Å². The Bertz CT molecular complexity index is 2790. The number of nitrogens with zero attached hydrogens (tertiary/aromatic N) is 2. The zero-order valence-electron chi connectivity index (χ0n) is 36.3. The van der Waals surface area contributed by atoms with Crippen LogP contribution in [0.2, 0.25) is 0 Å². The topological polar surface area (TPSA) is 128 Å². The summed E-state index contributed by atoms with van der Waals surface area (Å²) in [6.45, 7) is 15.6. The largest absolute Gasteiger partial charge is 0.507 e. The van der Waals surface area contributed by atoms with Crippen molar-refractivity contribution >= 4 is 28.2 Å². The molecule has 5 aromatic carbocycles. The van der Waals surface area contributed by atoms with Crippen molar-refractivity contribution in [2.45, 2.75) is 27.7 Å². The molecule has 0 fully saturated rings. The van der Waals surface area contributed by atoms with Crippen molar-refractivity contribution in [3.8, 4) is 45.3 Å². The summed E-state index contributed by atoms with van der Waals surface area (Å²) >= 11 is 0. The number of para-hydroxylation sites is 1. The van der Waals surface area contributed by atoms with E-state index in [1.54, 1.807) is 12.2 Å². The summed E-state index contributed by atoms with van der Waals surface area (Å²) in [4.78, 5) is 4.15. The van der Waals surface area contributed by atoms with Crippen LogP contribution < -0.4 is 9.80 Å². The highest BCUT2D eigenvalue weighted by Gasteiger charge is 2.37. The normalized spacial score (nSPS) is 13.7. The van der Waals surface area contributed by atoms with Crippen LogP contribution in [0.5, 0.6) is 23.0 Å². The van der Waals surface area contributed by atoms with E-state index in [1.165, 1.54) is 24.3 Å². The molecule has 1 aliphatic carbocycles. The average molecular weight is 849 g/mol. The van der Waals surface area contributed by atoms with E-state index >= 15 is 0 Å². The number of phenols is 4. The summed E-state index contributed by atoms with van der Waals surface area (Å²) in [5, 5.41) is 67.7. The molecule has 0 saturated carbocycles. The van der Waals surface area contributed by atoms with Gasteiger partial charge < -0.3 is 40.4 Å². The summed E-state index contributed by atoms with van der Waals surface area (Å²) in [7, 11) is 0. The fraction of sp³-hybridized carbons (Fsp3) is 0.0714. The minimum absolute atomic E-state index is 0.205. The quantitative estimate of drug-likeness (QED) is 0.0542. The monoisotopic (exact) mass is 848 g/mol. The number of benzene rings is 5. The summed E-state index contributed by atoms with van der Waals surface area (Å²) in [6, 6.07) is 30.8. The van der Waals surface area contributed by atoms with Crippen LogP contribution in [-0.4, -0.2) is 30.6 Å². The van der Waals surface area contributed by atoms with E-state index in [2.05, 4.69) is 23.0 Å². The zero-order chi connectivity index (χ0) is 45.9. The first-order chi connectivity index (χ1) is 31.0. The van der Waals surface area contributed by atoms with E-state index in [-0.39, 0.29) is 22.3 Å². The Kier molecular flexibility index (Phi) is 14.4. The van der Waals surface area contributed by atoms with E-state index in [9.17, 15) is 30.6 Å². The van der Waals surface area contributed by atoms with Gasteiger partial charge in [0.25, 0.3) is 0 Å². The first-order valence-corrected chi connectivity index (χ1v) is 20.7. The molecule has 0 aliphatic heterocycles. The first-order valence-electron chi connectivity index (χ1n) is 20.7. The molecule has 6 rings (SSSR count). The molecule has 0 unspecified atom stereocenters. The van der Waals surface area contributed by atoms with Crippen molar-refractivity contribution in [3.05, 3.63) is 235 Å². The van der Waals surface area contributed by atoms with Gasteiger partial charge in [0.05, 0.1) is 22.3 Å². The van der Waals surface area contributed by atoms with Crippen LogP contribution in [0, 0.1) is 0 Å². The SMILES string of the molecule is C=C/C=C(\C=C/C)N(C(/C=C\C)=C/C=C\C)c1ccc(-c2cc(O)c(C3=C(O)C(c4c(O)cc(-c5ccc(N(C(/C=C\C)=C/C=C)c6ccccc6)cc5)cc4O)=C3O)c(O)c2)cc1. The molecule has 64 heavy (non-hydrogen) atoms. The minimum Gasteiger partial charge on any atom is -0.507 e. The number of aromatic hydroxyl groups is 4. The van der Waals surface area contributed by atoms with Crippen LogP contribution in [0.25, 0.3) is 33.4 Å². The van der Waals surface area contributed by atoms with Crippen molar-refractivity contribution in [2.75, 3.05) is 9.80 Å². The van der Waals surface area contributed by atoms with Gasteiger partial charge in [0.1, 0.15) is 34.5 Å². The van der Waals surface area contributed by atoms with Crippen LogP contribution >= 0.6 is 0 Å². The summed E-state index contributed by atoms with van der Waals surface area (Å²) < 4.78 is 0. The molecule has 8 heteroatoms. The van der Waals surface area contributed by atoms with Gasteiger partial charge in [0.2, 0.25) is 0 Å². The van der Waals surface area contributed by atoms with Crippen molar-refractivity contribution in [1.82, 2.24) is 0 Å². The van der Waals surface area contributed by atoms with Gasteiger partial charge in [-0.3, -0.25) is 0 Å². The van der Waals surface area contributed by atoms with Crippen molar-refractivity contribution in [1.29, 1.82) is 0 Å². The lowest BCUT2D eigenvalue weighted by atomic mass is 9.82. The predicted molar refractivity (Wildman–Crippen MR) is 264 cm³/mol. The second kappa shape index (κ2) is 20.5. The van der Waals surface area contributed by atoms with Crippen LogP contribution in [-0.2, 0) is 0 Å². The number of hydrogen-bond donors (Lipinski definition) is 6. The Balaban J connectivity index is 1.28. The van der Waals surface area contributed by atoms with Gasteiger partial charge in [-0.25, -0.2) is 0 Å². The number of aliphatic hydroxyl groups is 2. The zero-order valence-corrected chi connectivity index (χ0v) is 36.3. The van der Waals surface area contributed by atoms with Crippen LogP contribution in [0.1, 0.15) is 38.8 Å². The number of phenolic OH excluding ortho intramolecular Hbond substituents is 4. The molecule has 0 spiro atoms. The lowest BCUT2D eigenvalue weighted by molar-refractivity contribution is 0.382. The van der Waals surface area contributed by atoms with E-state index in [4.69, 9.17) is 0 Å². The Morgan fingerprint density at radius 3 is 1.25 bits per heavy atom. The average Bonchev–Trinajstić information content (AvgIpc) is 3.29. The third-order valence-corrected chi connectivity index (χ3v) is 10.4. The second-order valence-corrected chi connectivity index (χ2v) is 14.6. The number of anilines is 3. The molecule has 0 amide bonds. The molecule has 0 heterocycles. The molecule has 0 aromatic heterocycles. The first kappa shape index (κ1) is 45.2. The van der Waals surface area contributed by atoms with E-state index in [1.807, 2.05) is 173 Å². The summed E-state index contributed by atoms with van der Waals surface area (Å²) in [6.07, 6.45) is 25.0. The maximum atomic E-state index is 11.3. The molecule has 0 radical (unpaired) electrons. The van der Waals surface area contributed by atoms with Crippen molar-refractivity contribution < 1.29 is 30.6 Å². The number of allylic oxidation sites excluding steroid dienone is 15. The molecular formula is C56H52N2O6. The third kappa shape index (κ3) is 9.27. The molecule has 0 bridgehead atoms. The second-order valence-electron chi connectivity index (χ2n) is 14.6.